The molecule has 1 N–H and O–H groups in total. The van der Waals surface area contributed by atoms with Crippen molar-refractivity contribution in [3.8, 4) is 23.2 Å². The number of halogens is 1. The van der Waals surface area contributed by atoms with Crippen molar-refractivity contribution in [3.05, 3.63) is 58.4 Å². The summed E-state index contributed by atoms with van der Waals surface area (Å²) >= 11 is 6.32. The molecule has 1 aliphatic heterocycles. The second-order valence-corrected chi connectivity index (χ2v) is 19.0. The molecular formula is C33H43ClN6O2Si. The van der Waals surface area contributed by atoms with Gasteiger partial charge in [-0.1, -0.05) is 39.3 Å². The van der Waals surface area contributed by atoms with Gasteiger partial charge in [-0.05, 0) is 86.3 Å². The predicted molar refractivity (Wildman–Crippen MR) is 175 cm³/mol. The monoisotopic (exact) mass is 618 g/mol. The number of ether oxygens (including phenoxy) is 1. The summed E-state index contributed by atoms with van der Waals surface area (Å²) < 4.78 is 13.0. The van der Waals surface area contributed by atoms with Crippen molar-refractivity contribution in [2.24, 2.45) is 0 Å². The normalized spacial score (nSPS) is 19.6. The Kier molecular flexibility index (Phi) is 8.88. The highest BCUT2D eigenvalue weighted by molar-refractivity contribution is 6.74. The van der Waals surface area contributed by atoms with Crippen molar-refractivity contribution in [3.63, 3.8) is 0 Å². The number of piperidine rings is 1. The Balaban J connectivity index is 1.42. The van der Waals surface area contributed by atoms with E-state index in [1.165, 1.54) is 5.56 Å². The molecule has 1 unspecified atom stereocenters. The van der Waals surface area contributed by atoms with Crippen molar-refractivity contribution in [1.29, 1.82) is 5.26 Å². The standard InChI is InChI=1S/C33H43ClN6O2Si/c1-32(2,3)43(6,7)41-21-33(4)12-8-26-23(19-35)16-22(17-27(26)33)28-9-13-36-31(38-28)39-29-18-24(34)20-37-30(29)42-25-10-14-40(5)15-11-25/h9,13,16-18,20,25H,8,10-12,14-15,21H2,1-7H3,(H,36,38,39). The van der Waals surface area contributed by atoms with Crippen LogP contribution < -0.4 is 10.1 Å². The van der Waals surface area contributed by atoms with Crippen LogP contribution in [0.1, 0.15) is 63.6 Å². The molecule has 5 rings (SSSR count). The zero-order valence-corrected chi connectivity index (χ0v) is 28.2. The van der Waals surface area contributed by atoms with Gasteiger partial charge < -0.3 is 19.4 Å². The van der Waals surface area contributed by atoms with E-state index in [1.54, 1.807) is 18.5 Å². The van der Waals surface area contributed by atoms with Crippen LogP contribution in [0, 0.1) is 11.3 Å². The lowest BCUT2D eigenvalue weighted by Crippen LogP contribution is -2.44. The first kappa shape index (κ1) is 31.4. The summed E-state index contributed by atoms with van der Waals surface area (Å²) in [5, 5.41) is 14.0. The Hall–Kier alpha value is -3.03. The molecule has 0 bridgehead atoms. The van der Waals surface area contributed by atoms with Gasteiger partial charge in [0, 0.05) is 43.1 Å². The van der Waals surface area contributed by atoms with E-state index in [1.807, 2.05) is 12.1 Å². The molecule has 2 aromatic heterocycles. The molecule has 3 aromatic rings. The predicted octanol–water partition coefficient (Wildman–Crippen LogP) is 7.51. The zero-order valence-electron chi connectivity index (χ0n) is 26.4. The first-order valence-corrected chi connectivity index (χ1v) is 18.4. The van der Waals surface area contributed by atoms with Gasteiger partial charge in [0.1, 0.15) is 11.8 Å². The van der Waals surface area contributed by atoms with Crippen molar-refractivity contribution in [2.75, 3.05) is 32.1 Å². The fraction of sp³-hybridized carbons (Fsp3) is 0.515. The molecule has 0 radical (unpaired) electrons. The maximum atomic E-state index is 10.1. The van der Waals surface area contributed by atoms with Crippen LogP contribution in [0.3, 0.4) is 0 Å². The fourth-order valence-electron chi connectivity index (χ4n) is 5.54. The summed E-state index contributed by atoms with van der Waals surface area (Å²) in [6.45, 7) is 16.3. The molecule has 0 saturated carbocycles. The molecule has 0 amide bonds. The third-order valence-corrected chi connectivity index (χ3v) is 14.1. The lowest BCUT2D eigenvalue weighted by Gasteiger charge is -2.39. The van der Waals surface area contributed by atoms with E-state index in [4.69, 9.17) is 25.7 Å². The molecule has 3 heterocycles. The number of nitriles is 1. The number of hydrogen-bond donors (Lipinski definition) is 1. The lowest BCUT2D eigenvalue weighted by atomic mass is 9.83. The van der Waals surface area contributed by atoms with Gasteiger partial charge in [0.15, 0.2) is 8.32 Å². The Labute approximate surface area is 261 Å². The molecule has 1 atom stereocenters. The first-order valence-electron chi connectivity index (χ1n) is 15.1. The van der Waals surface area contributed by atoms with Crippen molar-refractivity contribution in [1.82, 2.24) is 19.9 Å². The summed E-state index contributed by atoms with van der Waals surface area (Å²) in [5.74, 6) is 0.882. The molecular weight excluding hydrogens is 576 g/mol. The van der Waals surface area contributed by atoms with Gasteiger partial charge in [-0.2, -0.15) is 5.26 Å². The van der Waals surface area contributed by atoms with E-state index in [0.717, 1.165) is 55.6 Å². The Morgan fingerprint density at radius 3 is 2.63 bits per heavy atom. The molecule has 1 aliphatic carbocycles. The number of aromatic nitrogens is 3. The molecule has 0 spiro atoms. The van der Waals surface area contributed by atoms with Gasteiger partial charge in [-0.15, -0.1) is 0 Å². The SMILES string of the molecule is CN1CCC(Oc2ncc(Cl)cc2Nc2nccc(-c3cc(C#N)c4c(c3)C(C)(CO[Si](C)(C)C(C)(C)C)CC4)n2)CC1. The van der Waals surface area contributed by atoms with E-state index >= 15 is 0 Å². The number of pyridine rings is 1. The van der Waals surface area contributed by atoms with Crippen LogP contribution in [-0.2, 0) is 16.3 Å². The average molecular weight is 619 g/mol. The third kappa shape index (κ3) is 6.88. The summed E-state index contributed by atoms with van der Waals surface area (Å²) in [7, 11) is 0.191. The first-order chi connectivity index (χ1) is 20.3. The zero-order chi connectivity index (χ0) is 31.0. The van der Waals surface area contributed by atoms with Gasteiger partial charge in [0.25, 0.3) is 0 Å². The number of nitrogens with one attached hydrogen (secondary N) is 1. The number of rotatable bonds is 8. The second kappa shape index (κ2) is 12.2. The van der Waals surface area contributed by atoms with Crippen molar-refractivity contribution >= 4 is 31.6 Å². The number of hydrogen-bond acceptors (Lipinski definition) is 8. The number of nitrogens with zero attached hydrogens (tertiary/aromatic N) is 5. The van der Waals surface area contributed by atoms with E-state index in [0.29, 0.717) is 34.7 Å². The summed E-state index contributed by atoms with van der Waals surface area (Å²) in [5.41, 5.74) is 5.06. The number of fused-ring (bicyclic) bond motifs is 1. The Bertz CT molecular complexity index is 1530. The van der Waals surface area contributed by atoms with Crippen molar-refractivity contribution in [2.45, 2.75) is 83.0 Å². The van der Waals surface area contributed by atoms with Gasteiger partial charge >= 0.3 is 0 Å². The van der Waals surface area contributed by atoms with Crippen LogP contribution in [-0.4, -0.2) is 61.0 Å². The minimum atomic E-state index is -1.93. The quantitative estimate of drug-likeness (QED) is 0.259. The Morgan fingerprint density at radius 1 is 1.19 bits per heavy atom. The smallest absolute Gasteiger partial charge is 0.238 e. The maximum Gasteiger partial charge on any atom is 0.238 e. The fourth-order valence-corrected chi connectivity index (χ4v) is 6.81. The molecule has 228 valence electrons. The highest BCUT2D eigenvalue weighted by atomic mass is 35.5. The van der Waals surface area contributed by atoms with Crippen LogP contribution >= 0.6 is 11.6 Å². The molecule has 1 aromatic carbocycles. The topological polar surface area (TPSA) is 96.2 Å². The van der Waals surface area contributed by atoms with Gasteiger partial charge in [0.2, 0.25) is 11.8 Å². The summed E-state index contributed by atoms with van der Waals surface area (Å²) in [6, 6.07) is 10.2. The minimum absolute atomic E-state index is 0.0865. The lowest BCUT2D eigenvalue weighted by molar-refractivity contribution is 0.110. The third-order valence-electron chi connectivity index (χ3n) is 9.46. The molecule has 10 heteroatoms. The van der Waals surface area contributed by atoms with E-state index in [9.17, 15) is 5.26 Å². The molecule has 2 aliphatic rings. The highest BCUT2D eigenvalue weighted by Crippen LogP contribution is 2.45. The summed E-state index contributed by atoms with van der Waals surface area (Å²) in [4.78, 5) is 16.1. The van der Waals surface area contributed by atoms with Crippen LogP contribution in [0.4, 0.5) is 11.6 Å². The van der Waals surface area contributed by atoms with E-state index < -0.39 is 8.32 Å². The number of benzene rings is 1. The molecule has 1 fully saturated rings. The van der Waals surface area contributed by atoms with Gasteiger partial charge in [-0.3, -0.25) is 0 Å². The molecule has 8 nitrogen and oxygen atoms in total. The van der Waals surface area contributed by atoms with Gasteiger partial charge in [-0.25, -0.2) is 15.0 Å². The van der Waals surface area contributed by atoms with Crippen LogP contribution in [0.15, 0.2) is 36.7 Å². The maximum absolute atomic E-state index is 10.1. The van der Waals surface area contributed by atoms with Gasteiger partial charge in [0.05, 0.1) is 22.3 Å². The van der Waals surface area contributed by atoms with Crippen LogP contribution in [0.5, 0.6) is 5.88 Å². The van der Waals surface area contributed by atoms with Crippen LogP contribution in [0.2, 0.25) is 23.2 Å². The largest absolute Gasteiger partial charge is 0.473 e. The van der Waals surface area contributed by atoms with Crippen molar-refractivity contribution < 1.29 is 9.16 Å². The van der Waals surface area contributed by atoms with Crippen LogP contribution in [0.25, 0.3) is 11.3 Å². The number of anilines is 2. The number of likely N-dealkylation sites (tertiary alicyclic amines) is 1. The highest BCUT2D eigenvalue weighted by Gasteiger charge is 2.42. The summed E-state index contributed by atoms with van der Waals surface area (Å²) in [6.07, 6.45) is 7.09. The Morgan fingerprint density at radius 2 is 1.93 bits per heavy atom. The second-order valence-electron chi connectivity index (χ2n) is 13.8. The van der Waals surface area contributed by atoms with E-state index in [-0.39, 0.29) is 16.6 Å². The molecule has 1 saturated heterocycles. The average Bonchev–Trinajstić information content (AvgIpc) is 3.30. The minimum Gasteiger partial charge on any atom is -0.473 e. The van der Waals surface area contributed by atoms with E-state index in [2.05, 4.69) is 80.2 Å². The molecule has 43 heavy (non-hydrogen) atoms.